The van der Waals surface area contributed by atoms with E-state index in [0.717, 1.165) is 5.01 Å². The molecule has 1 saturated heterocycles. The Balaban J connectivity index is 1.95. The molecule has 1 fully saturated rings. The summed E-state index contributed by atoms with van der Waals surface area (Å²) in [6, 6.07) is 0. The maximum Gasteiger partial charge on any atom is 0.426 e. The van der Waals surface area contributed by atoms with E-state index in [-0.39, 0.29) is 23.5 Å². The Hall–Kier alpha value is -2.54. The van der Waals surface area contributed by atoms with Gasteiger partial charge in [0, 0.05) is 6.54 Å². The van der Waals surface area contributed by atoms with E-state index in [0.29, 0.717) is 0 Å². The molecule has 4 atom stereocenters. The Labute approximate surface area is 141 Å². The van der Waals surface area contributed by atoms with Crippen LogP contribution in [0.15, 0.2) is 12.7 Å². The van der Waals surface area contributed by atoms with Crippen LogP contribution in [0.1, 0.15) is 13.2 Å². The standard InChI is InChI=1S/C13H18N6O6/c1-2-19(13(23)24)17-10-7-11(15-4-14-10)18(5-16-7)12-9(22)8(21)6(3-20)25-12/h4-6,8-9,12,20-22H,2-3H2,1H3,(H,23,24)(H,14,15,17)/t6-,8-,9-,12-/m1/s1. The van der Waals surface area contributed by atoms with Gasteiger partial charge in [0.05, 0.1) is 12.9 Å². The Morgan fingerprint density at radius 1 is 1.36 bits per heavy atom. The van der Waals surface area contributed by atoms with E-state index >= 15 is 0 Å². The number of aliphatic hydroxyl groups excluding tert-OH is 3. The van der Waals surface area contributed by atoms with Gasteiger partial charge >= 0.3 is 6.09 Å². The molecule has 136 valence electrons. The summed E-state index contributed by atoms with van der Waals surface area (Å²) in [6.45, 7) is 1.38. The number of aliphatic hydroxyl groups is 3. The van der Waals surface area contributed by atoms with Crippen molar-refractivity contribution in [3.8, 4) is 0 Å². The Bertz CT molecular complexity index is 769. The molecular formula is C13H18N6O6. The van der Waals surface area contributed by atoms with Gasteiger partial charge in [0.1, 0.15) is 24.6 Å². The highest BCUT2D eigenvalue weighted by Crippen LogP contribution is 2.32. The average molecular weight is 354 g/mol. The molecule has 0 radical (unpaired) electrons. The molecule has 3 rings (SSSR count). The summed E-state index contributed by atoms with van der Waals surface area (Å²) in [4.78, 5) is 23.3. The second-order valence-corrected chi connectivity index (χ2v) is 5.41. The van der Waals surface area contributed by atoms with E-state index in [1.165, 1.54) is 17.2 Å². The zero-order chi connectivity index (χ0) is 18.1. The first-order valence-corrected chi connectivity index (χ1v) is 7.55. The molecule has 1 aliphatic heterocycles. The number of ether oxygens (including phenoxy) is 1. The summed E-state index contributed by atoms with van der Waals surface area (Å²) in [5, 5.41) is 39.2. The Morgan fingerprint density at radius 3 is 2.72 bits per heavy atom. The lowest BCUT2D eigenvalue weighted by Crippen LogP contribution is -2.35. The van der Waals surface area contributed by atoms with Crippen molar-refractivity contribution >= 4 is 23.1 Å². The normalized spacial score (nSPS) is 26.1. The topological polar surface area (TPSA) is 166 Å². The highest BCUT2D eigenvalue weighted by molar-refractivity contribution is 5.83. The first-order chi connectivity index (χ1) is 12.0. The van der Waals surface area contributed by atoms with Crippen LogP contribution in [0.2, 0.25) is 0 Å². The summed E-state index contributed by atoms with van der Waals surface area (Å²) >= 11 is 0. The van der Waals surface area contributed by atoms with Crippen molar-refractivity contribution < 1.29 is 30.0 Å². The quantitative estimate of drug-likeness (QED) is 0.410. The molecule has 0 spiro atoms. The molecule has 2 aromatic heterocycles. The number of imidazole rings is 1. The third-order valence-electron chi connectivity index (χ3n) is 3.94. The number of nitrogens with one attached hydrogen (secondary N) is 1. The van der Waals surface area contributed by atoms with Gasteiger partial charge in [-0.15, -0.1) is 0 Å². The number of anilines is 1. The van der Waals surface area contributed by atoms with Gasteiger partial charge < -0.3 is 25.2 Å². The van der Waals surface area contributed by atoms with Gasteiger partial charge in [0.2, 0.25) is 0 Å². The second kappa shape index (κ2) is 6.76. The van der Waals surface area contributed by atoms with Crippen molar-refractivity contribution in [2.75, 3.05) is 18.6 Å². The molecule has 0 bridgehead atoms. The molecule has 1 amide bonds. The van der Waals surface area contributed by atoms with Crippen LogP contribution in [-0.2, 0) is 4.74 Å². The minimum absolute atomic E-state index is 0.166. The largest absolute Gasteiger partial charge is 0.464 e. The van der Waals surface area contributed by atoms with Crippen molar-refractivity contribution in [1.82, 2.24) is 24.5 Å². The molecule has 0 saturated carbocycles. The maximum absolute atomic E-state index is 11.1. The highest BCUT2D eigenvalue weighted by atomic mass is 16.6. The lowest BCUT2D eigenvalue weighted by molar-refractivity contribution is -0.0511. The fraction of sp³-hybridized carbons (Fsp3) is 0.538. The molecule has 3 heterocycles. The first kappa shape index (κ1) is 17.3. The molecule has 0 unspecified atom stereocenters. The van der Waals surface area contributed by atoms with E-state index in [2.05, 4.69) is 20.4 Å². The number of nitrogens with zero attached hydrogens (tertiary/aromatic N) is 5. The maximum atomic E-state index is 11.1. The van der Waals surface area contributed by atoms with Crippen LogP contribution in [0.4, 0.5) is 10.6 Å². The lowest BCUT2D eigenvalue weighted by atomic mass is 10.1. The van der Waals surface area contributed by atoms with E-state index in [9.17, 15) is 20.1 Å². The molecule has 0 aliphatic carbocycles. The van der Waals surface area contributed by atoms with Gasteiger partial charge in [-0.3, -0.25) is 9.99 Å². The number of aromatic nitrogens is 4. The minimum atomic E-state index is -1.29. The minimum Gasteiger partial charge on any atom is -0.464 e. The van der Waals surface area contributed by atoms with Gasteiger partial charge in [-0.25, -0.2) is 24.8 Å². The number of amides is 1. The first-order valence-electron chi connectivity index (χ1n) is 7.55. The summed E-state index contributed by atoms with van der Waals surface area (Å²) in [6.07, 6.45) is -3.11. The second-order valence-electron chi connectivity index (χ2n) is 5.41. The van der Waals surface area contributed by atoms with Crippen LogP contribution in [-0.4, -0.2) is 82.5 Å². The SMILES string of the molecule is CCN(Nc1ncnc2c1ncn2[C@@H]1O[C@H](CO)[C@@H](O)[C@H]1O)C(=O)O. The fourth-order valence-corrected chi connectivity index (χ4v) is 2.62. The van der Waals surface area contributed by atoms with Crippen LogP contribution >= 0.6 is 0 Å². The van der Waals surface area contributed by atoms with Crippen molar-refractivity contribution in [3.05, 3.63) is 12.7 Å². The van der Waals surface area contributed by atoms with Gasteiger partial charge in [-0.05, 0) is 6.92 Å². The number of hydrogen-bond acceptors (Lipinski definition) is 9. The molecule has 12 nitrogen and oxygen atoms in total. The average Bonchev–Trinajstić information content (AvgIpc) is 3.15. The fourth-order valence-electron chi connectivity index (χ4n) is 2.62. The molecule has 12 heteroatoms. The zero-order valence-electron chi connectivity index (χ0n) is 13.2. The van der Waals surface area contributed by atoms with Crippen LogP contribution in [0, 0.1) is 0 Å². The van der Waals surface area contributed by atoms with Crippen LogP contribution in [0.25, 0.3) is 11.2 Å². The number of hydrazine groups is 1. The Kier molecular flexibility index (Phi) is 4.67. The monoisotopic (exact) mass is 354 g/mol. The van der Waals surface area contributed by atoms with Gasteiger partial charge in [-0.2, -0.15) is 0 Å². The van der Waals surface area contributed by atoms with Gasteiger partial charge in [0.25, 0.3) is 0 Å². The lowest BCUT2D eigenvalue weighted by Gasteiger charge is -2.19. The van der Waals surface area contributed by atoms with Crippen molar-refractivity contribution in [2.24, 2.45) is 0 Å². The van der Waals surface area contributed by atoms with Crippen molar-refractivity contribution in [2.45, 2.75) is 31.5 Å². The molecular weight excluding hydrogens is 336 g/mol. The predicted octanol–water partition coefficient (Wildman–Crippen LogP) is -1.24. The van der Waals surface area contributed by atoms with E-state index < -0.39 is 37.2 Å². The highest BCUT2D eigenvalue weighted by Gasteiger charge is 2.44. The summed E-state index contributed by atoms with van der Waals surface area (Å²) in [5.74, 6) is 0.166. The molecule has 0 aromatic carbocycles. The number of hydrogen-bond donors (Lipinski definition) is 5. The van der Waals surface area contributed by atoms with Crippen LogP contribution in [0.5, 0.6) is 0 Å². The smallest absolute Gasteiger partial charge is 0.426 e. The Morgan fingerprint density at radius 2 is 2.12 bits per heavy atom. The number of carbonyl (C=O) groups is 1. The zero-order valence-corrected chi connectivity index (χ0v) is 13.2. The third kappa shape index (κ3) is 2.95. The third-order valence-corrected chi connectivity index (χ3v) is 3.94. The van der Waals surface area contributed by atoms with Crippen molar-refractivity contribution in [3.63, 3.8) is 0 Å². The number of fused-ring (bicyclic) bond motifs is 1. The van der Waals surface area contributed by atoms with Crippen molar-refractivity contribution in [1.29, 1.82) is 0 Å². The van der Waals surface area contributed by atoms with Gasteiger partial charge in [-0.1, -0.05) is 0 Å². The summed E-state index contributed by atoms with van der Waals surface area (Å²) < 4.78 is 6.85. The predicted molar refractivity (Wildman–Crippen MR) is 82.4 cm³/mol. The molecule has 25 heavy (non-hydrogen) atoms. The number of rotatable bonds is 5. The van der Waals surface area contributed by atoms with E-state index in [1.54, 1.807) is 6.92 Å². The summed E-state index contributed by atoms with van der Waals surface area (Å²) in [5.41, 5.74) is 3.16. The molecule has 1 aliphatic rings. The van der Waals surface area contributed by atoms with Crippen LogP contribution in [0.3, 0.4) is 0 Å². The van der Waals surface area contributed by atoms with Crippen LogP contribution < -0.4 is 5.43 Å². The van der Waals surface area contributed by atoms with Gasteiger partial charge in [0.15, 0.2) is 23.2 Å². The summed E-state index contributed by atoms with van der Waals surface area (Å²) in [7, 11) is 0. The number of carboxylic acid groups (broad SMARTS) is 1. The van der Waals surface area contributed by atoms with E-state index in [1.807, 2.05) is 0 Å². The van der Waals surface area contributed by atoms with E-state index in [4.69, 9.17) is 9.84 Å². The molecule has 2 aromatic rings. The molecule has 5 N–H and O–H groups in total.